The van der Waals surface area contributed by atoms with Gasteiger partial charge in [-0.05, 0) is 47.9 Å². The van der Waals surface area contributed by atoms with Gasteiger partial charge in [-0.1, -0.05) is 36.4 Å². The molecule has 1 aliphatic rings. The number of pyridine rings is 1. The summed E-state index contributed by atoms with van der Waals surface area (Å²) in [6.45, 7) is 3.74. The summed E-state index contributed by atoms with van der Waals surface area (Å²) < 4.78 is 0. The molecular weight excluding hydrogens is 310 g/mol. The van der Waals surface area contributed by atoms with Crippen LogP contribution in [-0.4, -0.2) is 27.9 Å². The molecule has 1 unspecified atom stereocenters. The Bertz CT molecular complexity index is 909. The summed E-state index contributed by atoms with van der Waals surface area (Å²) >= 11 is 0. The third kappa shape index (κ3) is 3.01. The number of carbonyl (C=O) groups excluding carboxylic acids is 1. The molecule has 3 aromatic rings. The maximum Gasteiger partial charge on any atom is 0.244 e. The lowest BCUT2D eigenvalue weighted by Crippen LogP contribution is -2.63. The lowest BCUT2D eigenvalue weighted by molar-refractivity contribution is -0.136. The van der Waals surface area contributed by atoms with Crippen LogP contribution in [0.3, 0.4) is 0 Å². The van der Waals surface area contributed by atoms with Crippen LogP contribution < -0.4 is 5.32 Å². The van der Waals surface area contributed by atoms with E-state index in [-0.39, 0.29) is 5.91 Å². The van der Waals surface area contributed by atoms with Gasteiger partial charge in [0.2, 0.25) is 5.91 Å². The summed E-state index contributed by atoms with van der Waals surface area (Å²) in [7, 11) is 0. The summed E-state index contributed by atoms with van der Waals surface area (Å²) in [6.07, 6.45) is 4.24. The topological polar surface area (TPSA) is 45.2 Å². The number of fused-ring (bicyclic) bond motifs is 1. The first-order valence-electron chi connectivity index (χ1n) is 8.59. The highest BCUT2D eigenvalue weighted by Crippen LogP contribution is 2.33. The van der Waals surface area contributed by atoms with E-state index in [2.05, 4.69) is 57.7 Å². The van der Waals surface area contributed by atoms with Crippen molar-refractivity contribution < 1.29 is 4.79 Å². The number of hydrogen-bond acceptors (Lipinski definition) is 3. The third-order valence-electron chi connectivity index (χ3n) is 5.18. The van der Waals surface area contributed by atoms with Crippen LogP contribution in [0.5, 0.6) is 0 Å². The van der Waals surface area contributed by atoms with Gasteiger partial charge in [-0.25, -0.2) is 0 Å². The summed E-state index contributed by atoms with van der Waals surface area (Å²) in [5, 5.41) is 5.49. The molecule has 4 heteroatoms. The number of carbonyl (C=O) groups is 1. The highest BCUT2D eigenvalue weighted by Gasteiger charge is 2.46. The molecule has 1 aliphatic heterocycles. The molecule has 4 rings (SSSR count). The number of amides is 1. The number of nitrogens with zero attached hydrogens (tertiary/aromatic N) is 2. The minimum atomic E-state index is -0.463. The molecule has 2 heterocycles. The molecule has 126 valence electrons. The zero-order valence-electron chi connectivity index (χ0n) is 14.3. The molecule has 1 saturated heterocycles. The van der Waals surface area contributed by atoms with Crippen LogP contribution in [0.15, 0.2) is 67.0 Å². The van der Waals surface area contributed by atoms with Crippen LogP contribution in [0, 0.1) is 0 Å². The van der Waals surface area contributed by atoms with Crippen molar-refractivity contribution in [3.63, 3.8) is 0 Å². The van der Waals surface area contributed by atoms with Gasteiger partial charge in [-0.3, -0.25) is 14.7 Å². The molecule has 1 aromatic heterocycles. The standard InChI is InChI=1S/C21H21N3O/c1-21(20(25)23-19-8-11-22-12-9-19)10-13-24(21)15-16-6-7-17-4-2-3-5-18(17)14-16/h2-9,11-12,14H,10,13,15H2,1H3,(H,22,23,25). The smallest absolute Gasteiger partial charge is 0.244 e. The Balaban J connectivity index is 1.49. The van der Waals surface area contributed by atoms with Gasteiger partial charge in [0.1, 0.15) is 0 Å². The van der Waals surface area contributed by atoms with Crippen molar-refractivity contribution >= 4 is 22.4 Å². The van der Waals surface area contributed by atoms with Gasteiger partial charge < -0.3 is 5.32 Å². The van der Waals surface area contributed by atoms with Crippen molar-refractivity contribution in [2.24, 2.45) is 0 Å². The fraction of sp³-hybridized carbons (Fsp3) is 0.238. The Hall–Kier alpha value is -2.72. The summed E-state index contributed by atoms with van der Waals surface area (Å²) in [5.41, 5.74) is 1.56. The van der Waals surface area contributed by atoms with E-state index < -0.39 is 5.54 Å². The van der Waals surface area contributed by atoms with Crippen molar-refractivity contribution in [1.82, 2.24) is 9.88 Å². The minimum absolute atomic E-state index is 0.0470. The first-order chi connectivity index (χ1) is 12.1. The predicted molar refractivity (Wildman–Crippen MR) is 100 cm³/mol. The third-order valence-corrected chi connectivity index (χ3v) is 5.18. The van der Waals surface area contributed by atoms with Crippen LogP contribution in [0.2, 0.25) is 0 Å². The average Bonchev–Trinajstić information content (AvgIpc) is 2.65. The predicted octanol–water partition coefficient (Wildman–Crippen LogP) is 3.84. The van der Waals surface area contributed by atoms with Crippen LogP contribution >= 0.6 is 0 Å². The Kier molecular flexibility index (Phi) is 3.98. The zero-order chi connectivity index (χ0) is 17.3. The normalized spacial score (nSPS) is 20.2. The summed E-state index contributed by atoms with van der Waals surface area (Å²) in [6, 6.07) is 18.5. The molecule has 4 nitrogen and oxygen atoms in total. The van der Waals surface area contributed by atoms with Crippen LogP contribution in [-0.2, 0) is 11.3 Å². The maximum atomic E-state index is 12.8. The van der Waals surface area contributed by atoms with E-state index in [0.717, 1.165) is 25.2 Å². The van der Waals surface area contributed by atoms with Crippen molar-refractivity contribution in [2.75, 3.05) is 11.9 Å². The number of rotatable bonds is 4. The second kappa shape index (κ2) is 6.30. The number of benzene rings is 2. The fourth-order valence-corrected chi connectivity index (χ4v) is 3.37. The van der Waals surface area contributed by atoms with Gasteiger partial charge in [0.15, 0.2) is 0 Å². The SMILES string of the molecule is CC1(C(=O)Nc2ccncc2)CCN1Cc1ccc2ccccc2c1. The average molecular weight is 331 g/mol. The van der Waals surface area contributed by atoms with Crippen molar-refractivity contribution in [2.45, 2.75) is 25.4 Å². The van der Waals surface area contributed by atoms with Crippen LogP contribution in [0.25, 0.3) is 10.8 Å². The molecule has 0 saturated carbocycles. The zero-order valence-corrected chi connectivity index (χ0v) is 14.3. The molecular formula is C21H21N3O. The fourth-order valence-electron chi connectivity index (χ4n) is 3.37. The van der Waals surface area contributed by atoms with E-state index in [1.54, 1.807) is 12.4 Å². The first kappa shape index (κ1) is 15.8. The van der Waals surface area contributed by atoms with E-state index in [0.29, 0.717) is 0 Å². The number of likely N-dealkylation sites (tertiary alicyclic amines) is 1. The second-order valence-corrected chi connectivity index (χ2v) is 6.82. The van der Waals surface area contributed by atoms with Gasteiger partial charge in [0, 0.05) is 31.2 Å². The Labute approximate surface area is 147 Å². The highest BCUT2D eigenvalue weighted by molar-refractivity contribution is 5.98. The number of aromatic nitrogens is 1. The Morgan fingerprint density at radius 1 is 1.12 bits per heavy atom. The highest BCUT2D eigenvalue weighted by atomic mass is 16.2. The number of nitrogens with one attached hydrogen (secondary N) is 1. The molecule has 0 aliphatic carbocycles. The van der Waals surface area contributed by atoms with Gasteiger partial charge >= 0.3 is 0 Å². The molecule has 2 aromatic carbocycles. The first-order valence-corrected chi connectivity index (χ1v) is 8.59. The van der Waals surface area contributed by atoms with Gasteiger partial charge in [-0.15, -0.1) is 0 Å². The van der Waals surface area contributed by atoms with Gasteiger partial charge in [-0.2, -0.15) is 0 Å². The minimum Gasteiger partial charge on any atom is -0.324 e. The van der Waals surface area contributed by atoms with Crippen molar-refractivity contribution in [1.29, 1.82) is 0 Å². The largest absolute Gasteiger partial charge is 0.324 e. The summed E-state index contributed by atoms with van der Waals surface area (Å²) in [5.74, 6) is 0.0470. The maximum absolute atomic E-state index is 12.8. The molecule has 0 spiro atoms. The molecule has 1 fully saturated rings. The molecule has 1 N–H and O–H groups in total. The van der Waals surface area contributed by atoms with E-state index in [1.807, 2.05) is 19.1 Å². The Morgan fingerprint density at radius 3 is 2.60 bits per heavy atom. The van der Waals surface area contributed by atoms with E-state index >= 15 is 0 Å². The lowest BCUT2D eigenvalue weighted by atomic mass is 9.85. The van der Waals surface area contributed by atoms with E-state index in [4.69, 9.17) is 0 Å². The Morgan fingerprint density at radius 2 is 1.88 bits per heavy atom. The quantitative estimate of drug-likeness (QED) is 0.790. The van der Waals surface area contributed by atoms with E-state index in [1.165, 1.54) is 16.3 Å². The lowest BCUT2D eigenvalue weighted by Gasteiger charge is -2.49. The van der Waals surface area contributed by atoms with Crippen LogP contribution in [0.4, 0.5) is 5.69 Å². The second-order valence-electron chi connectivity index (χ2n) is 6.82. The molecule has 0 bridgehead atoms. The number of hydrogen-bond donors (Lipinski definition) is 1. The van der Waals surface area contributed by atoms with E-state index in [9.17, 15) is 4.79 Å². The molecule has 25 heavy (non-hydrogen) atoms. The van der Waals surface area contributed by atoms with Crippen LogP contribution in [0.1, 0.15) is 18.9 Å². The monoisotopic (exact) mass is 331 g/mol. The van der Waals surface area contributed by atoms with Gasteiger partial charge in [0.25, 0.3) is 0 Å². The summed E-state index contributed by atoms with van der Waals surface area (Å²) in [4.78, 5) is 19.0. The molecule has 1 amide bonds. The molecule has 0 radical (unpaired) electrons. The molecule has 1 atom stereocenters. The number of anilines is 1. The van der Waals surface area contributed by atoms with Crippen molar-refractivity contribution in [3.05, 3.63) is 72.6 Å². The van der Waals surface area contributed by atoms with Crippen molar-refractivity contribution in [3.8, 4) is 0 Å². The van der Waals surface area contributed by atoms with Gasteiger partial charge in [0.05, 0.1) is 5.54 Å².